The normalized spacial score (nSPS) is 12.7. The predicted octanol–water partition coefficient (Wildman–Crippen LogP) is 4.32. The lowest BCUT2D eigenvalue weighted by atomic mass is 10.1. The Labute approximate surface area is 106 Å². The molecule has 0 aliphatic heterocycles. The molecule has 2 nitrogen and oxygen atoms in total. The lowest BCUT2D eigenvalue weighted by Gasteiger charge is -2.04. The van der Waals surface area contributed by atoms with Crippen molar-refractivity contribution in [2.75, 3.05) is 0 Å². The molecule has 0 bridgehead atoms. The number of benzene rings is 1. The van der Waals surface area contributed by atoms with Gasteiger partial charge in [-0.1, -0.05) is 30.7 Å². The molecule has 0 spiro atoms. The summed E-state index contributed by atoms with van der Waals surface area (Å²) in [6, 6.07) is 9.73. The van der Waals surface area contributed by atoms with Crippen LogP contribution in [0, 0.1) is 6.92 Å². The van der Waals surface area contributed by atoms with E-state index in [2.05, 4.69) is 0 Å². The third kappa shape index (κ3) is 2.54. The van der Waals surface area contributed by atoms with Gasteiger partial charge in [-0.05, 0) is 37.1 Å². The molecule has 1 aromatic carbocycles. The van der Waals surface area contributed by atoms with E-state index >= 15 is 0 Å². The Hall–Kier alpha value is -1.25. The van der Waals surface area contributed by atoms with E-state index in [1.807, 2.05) is 44.2 Å². The van der Waals surface area contributed by atoms with E-state index in [4.69, 9.17) is 21.8 Å². The van der Waals surface area contributed by atoms with Crippen molar-refractivity contribution in [1.29, 1.82) is 0 Å². The molecule has 0 aliphatic rings. The van der Waals surface area contributed by atoms with E-state index in [-0.39, 0.29) is 6.04 Å². The number of furan rings is 1. The standard InChI is InChI=1S/C14H16ClNO/c1-3-12(16)14-7-6-13(17-14)10-5-4-9(2)11(15)8-10/h4-8,12H,3,16H2,1-2H3. The molecule has 0 fully saturated rings. The van der Waals surface area contributed by atoms with Crippen molar-refractivity contribution in [2.24, 2.45) is 5.73 Å². The molecule has 0 aliphatic carbocycles. The topological polar surface area (TPSA) is 39.2 Å². The lowest BCUT2D eigenvalue weighted by Crippen LogP contribution is -2.06. The van der Waals surface area contributed by atoms with Gasteiger partial charge in [-0.25, -0.2) is 0 Å². The Balaban J connectivity index is 2.33. The molecular formula is C14H16ClNO. The van der Waals surface area contributed by atoms with Crippen molar-refractivity contribution in [3.05, 3.63) is 46.7 Å². The lowest BCUT2D eigenvalue weighted by molar-refractivity contribution is 0.470. The largest absolute Gasteiger partial charge is 0.459 e. The second-order valence-electron chi connectivity index (χ2n) is 4.18. The maximum absolute atomic E-state index is 6.09. The highest BCUT2D eigenvalue weighted by Gasteiger charge is 2.10. The summed E-state index contributed by atoms with van der Waals surface area (Å²) in [5.41, 5.74) is 7.96. The minimum atomic E-state index is -0.0373. The second kappa shape index (κ2) is 4.94. The smallest absolute Gasteiger partial charge is 0.134 e. The fourth-order valence-corrected chi connectivity index (χ4v) is 1.84. The quantitative estimate of drug-likeness (QED) is 0.880. The highest BCUT2D eigenvalue weighted by molar-refractivity contribution is 6.31. The molecule has 2 aromatic rings. The highest BCUT2D eigenvalue weighted by atomic mass is 35.5. The van der Waals surface area contributed by atoms with E-state index in [1.165, 1.54) is 0 Å². The highest BCUT2D eigenvalue weighted by Crippen LogP contribution is 2.28. The number of hydrogen-bond donors (Lipinski definition) is 1. The van der Waals surface area contributed by atoms with Gasteiger partial charge in [0.15, 0.2) is 0 Å². The summed E-state index contributed by atoms with van der Waals surface area (Å²) in [5, 5.41) is 0.750. The Kier molecular flexibility index (Phi) is 3.55. The Morgan fingerprint density at radius 3 is 2.71 bits per heavy atom. The number of hydrogen-bond acceptors (Lipinski definition) is 2. The molecule has 2 rings (SSSR count). The van der Waals surface area contributed by atoms with Gasteiger partial charge in [-0.3, -0.25) is 0 Å². The second-order valence-corrected chi connectivity index (χ2v) is 4.59. The van der Waals surface area contributed by atoms with Crippen molar-refractivity contribution in [1.82, 2.24) is 0 Å². The SMILES string of the molecule is CCC(N)c1ccc(-c2ccc(C)c(Cl)c2)o1. The van der Waals surface area contributed by atoms with Crippen LogP contribution >= 0.6 is 11.6 Å². The van der Waals surface area contributed by atoms with Crippen molar-refractivity contribution < 1.29 is 4.42 Å². The molecule has 90 valence electrons. The summed E-state index contributed by atoms with van der Waals surface area (Å²) >= 11 is 6.09. The van der Waals surface area contributed by atoms with Crippen LogP contribution in [0.4, 0.5) is 0 Å². The van der Waals surface area contributed by atoms with Gasteiger partial charge in [0.05, 0.1) is 6.04 Å². The summed E-state index contributed by atoms with van der Waals surface area (Å²) in [6.45, 7) is 4.02. The fraction of sp³-hybridized carbons (Fsp3) is 0.286. The van der Waals surface area contributed by atoms with Crippen molar-refractivity contribution in [2.45, 2.75) is 26.3 Å². The Morgan fingerprint density at radius 2 is 2.06 bits per heavy atom. The van der Waals surface area contributed by atoms with Gasteiger partial charge >= 0.3 is 0 Å². The molecule has 0 saturated carbocycles. The maximum Gasteiger partial charge on any atom is 0.134 e. The summed E-state index contributed by atoms with van der Waals surface area (Å²) in [5.74, 6) is 1.63. The van der Waals surface area contributed by atoms with Crippen LogP contribution in [-0.4, -0.2) is 0 Å². The average Bonchev–Trinajstić information content (AvgIpc) is 2.81. The first-order valence-electron chi connectivity index (χ1n) is 5.73. The number of aryl methyl sites for hydroxylation is 1. The van der Waals surface area contributed by atoms with Crippen LogP contribution in [0.1, 0.15) is 30.7 Å². The molecular weight excluding hydrogens is 234 g/mol. The first-order valence-corrected chi connectivity index (χ1v) is 6.11. The summed E-state index contributed by atoms with van der Waals surface area (Å²) in [7, 11) is 0. The van der Waals surface area contributed by atoms with Crippen LogP contribution in [-0.2, 0) is 0 Å². The molecule has 1 aromatic heterocycles. The van der Waals surface area contributed by atoms with Crippen LogP contribution in [0.3, 0.4) is 0 Å². The third-order valence-corrected chi connectivity index (χ3v) is 3.30. The molecule has 17 heavy (non-hydrogen) atoms. The predicted molar refractivity (Wildman–Crippen MR) is 71.1 cm³/mol. The molecule has 0 amide bonds. The minimum Gasteiger partial charge on any atom is -0.459 e. The average molecular weight is 250 g/mol. The van der Waals surface area contributed by atoms with Gasteiger partial charge in [-0.2, -0.15) is 0 Å². The number of nitrogens with two attached hydrogens (primary N) is 1. The van der Waals surface area contributed by atoms with Crippen LogP contribution in [0.25, 0.3) is 11.3 Å². The fourth-order valence-electron chi connectivity index (χ4n) is 1.65. The van der Waals surface area contributed by atoms with Crippen LogP contribution < -0.4 is 5.73 Å². The molecule has 0 saturated heterocycles. The van der Waals surface area contributed by atoms with E-state index < -0.39 is 0 Å². The molecule has 3 heteroatoms. The van der Waals surface area contributed by atoms with Gasteiger partial charge < -0.3 is 10.2 Å². The van der Waals surface area contributed by atoms with Crippen LogP contribution in [0.15, 0.2) is 34.7 Å². The molecule has 1 atom stereocenters. The van der Waals surface area contributed by atoms with Crippen molar-refractivity contribution in [3.8, 4) is 11.3 Å². The zero-order valence-electron chi connectivity index (χ0n) is 10.0. The van der Waals surface area contributed by atoms with Gasteiger partial charge in [0.1, 0.15) is 11.5 Å². The minimum absolute atomic E-state index is 0.0373. The Morgan fingerprint density at radius 1 is 1.29 bits per heavy atom. The van der Waals surface area contributed by atoms with E-state index in [0.29, 0.717) is 0 Å². The molecule has 1 unspecified atom stereocenters. The van der Waals surface area contributed by atoms with E-state index in [1.54, 1.807) is 0 Å². The summed E-state index contributed by atoms with van der Waals surface area (Å²) in [6.07, 6.45) is 0.863. The third-order valence-electron chi connectivity index (χ3n) is 2.89. The number of rotatable bonds is 3. The maximum atomic E-state index is 6.09. The summed E-state index contributed by atoms with van der Waals surface area (Å²) in [4.78, 5) is 0. The van der Waals surface area contributed by atoms with Gasteiger partial charge in [0.2, 0.25) is 0 Å². The van der Waals surface area contributed by atoms with Crippen molar-refractivity contribution in [3.63, 3.8) is 0 Å². The first-order chi connectivity index (χ1) is 8.11. The van der Waals surface area contributed by atoms with E-state index in [0.717, 1.165) is 34.1 Å². The molecule has 2 N–H and O–H groups in total. The van der Waals surface area contributed by atoms with Crippen LogP contribution in [0.2, 0.25) is 5.02 Å². The molecule has 1 heterocycles. The zero-order valence-corrected chi connectivity index (χ0v) is 10.8. The van der Waals surface area contributed by atoms with E-state index in [9.17, 15) is 0 Å². The number of halogens is 1. The van der Waals surface area contributed by atoms with Gasteiger partial charge in [0, 0.05) is 10.6 Å². The Bertz CT molecular complexity index is 519. The molecule has 0 radical (unpaired) electrons. The van der Waals surface area contributed by atoms with Crippen LogP contribution in [0.5, 0.6) is 0 Å². The first kappa shape index (κ1) is 12.2. The van der Waals surface area contributed by atoms with Gasteiger partial charge in [0.25, 0.3) is 0 Å². The van der Waals surface area contributed by atoms with Crippen molar-refractivity contribution >= 4 is 11.6 Å². The van der Waals surface area contributed by atoms with Gasteiger partial charge in [-0.15, -0.1) is 0 Å². The summed E-state index contributed by atoms with van der Waals surface area (Å²) < 4.78 is 5.73. The monoisotopic (exact) mass is 249 g/mol. The zero-order chi connectivity index (χ0) is 12.4.